The van der Waals surface area contributed by atoms with Gasteiger partial charge in [-0.1, -0.05) is 18.2 Å². The summed E-state index contributed by atoms with van der Waals surface area (Å²) in [5, 5.41) is 7.20. The Morgan fingerprint density at radius 1 is 1.38 bits per heavy atom. The number of rotatable bonds is 1. The summed E-state index contributed by atoms with van der Waals surface area (Å²) in [6, 6.07) is 8.86. The first-order valence-electron chi connectivity index (χ1n) is 3.82. The number of nitrogens with zero attached hydrogens (tertiary/aromatic N) is 1. The van der Waals surface area contributed by atoms with Crippen LogP contribution < -0.4 is 10.6 Å². The lowest BCUT2D eigenvalue weighted by atomic mass is 10.3. The van der Waals surface area contributed by atoms with Gasteiger partial charge < -0.3 is 5.73 Å². The Morgan fingerprint density at radius 3 is 2.31 bits per heavy atom. The van der Waals surface area contributed by atoms with Crippen molar-refractivity contribution in [2.45, 2.75) is 6.92 Å². The number of para-hydroxylation sites is 1. The molecule has 0 saturated heterocycles. The van der Waals surface area contributed by atoms with Crippen LogP contribution in [0.1, 0.15) is 6.92 Å². The summed E-state index contributed by atoms with van der Waals surface area (Å²) in [7, 11) is 0. The Kier molecular flexibility index (Phi) is 2.64. The van der Waals surface area contributed by atoms with Gasteiger partial charge in [-0.15, -0.1) is 0 Å². The first-order valence-corrected chi connectivity index (χ1v) is 3.82. The van der Waals surface area contributed by atoms with E-state index in [0.717, 1.165) is 4.90 Å². The molecule has 0 aromatic heterocycles. The van der Waals surface area contributed by atoms with Gasteiger partial charge in [0.25, 0.3) is 0 Å². The van der Waals surface area contributed by atoms with Gasteiger partial charge in [0.15, 0.2) is 5.96 Å². The molecule has 13 heavy (non-hydrogen) atoms. The van der Waals surface area contributed by atoms with Crippen LogP contribution >= 0.6 is 0 Å². The minimum atomic E-state index is -0.265. The van der Waals surface area contributed by atoms with Crippen molar-refractivity contribution in [1.29, 1.82) is 5.41 Å². The maximum atomic E-state index is 11.1. The highest BCUT2D eigenvalue weighted by Gasteiger charge is 2.12. The third-order valence-electron chi connectivity index (χ3n) is 1.57. The van der Waals surface area contributed by atoms with Crippen molar-refractivity contribution >= 4 is 17.6 Å². The van der Waals surface area contributed by atoms with Crippen molar-refractivity contribution in [2.75, 3.05) is 4.90 Å². The molecule has 0 atom stereocenters. The minimum Gasteiger partial charge on any atom is -0.369 e. The van der Waals surface area contributed by atoms with Crippen molar-refractivity contribution in [2.24, 2.45) is 5.73 Å². The number of hydrogen-bond donors (Lipinski definition) is 2. The van der Waals surface area contributed by atoms with E-state index in [1.54, 1.807) is 24.3 Å². The van der Waals surface area contributed by atoms with Crippen LogP contribution in [-0.2, 0) is 4.79 Å². The van der Waals surface area contributed by atoms with Crippen LogP contribution in [0.3, 0.4) is 0 Å². The van der Waals surface area contributed by atoms with Crippen molar-refractivity contribution < 1.29 is 4.79 Å². The Labute approximate surface area is 76.5 Å². The maximum Gasteiger partial charge on any atom is 0.230 e. The predicted octanol–water partition coefficient (Wildman–Crippen LogP) is 0.933. The minimum absolute atomic E-state index is 0.265. The summed E-state index contributed by atoms with van der Waals surface area (Å²) in [4.78, 5) is 12.2. The van der Waals surface area contributed by atoms with E-state index in [9.17, 15) is 4.79 Å². The van der Waals surface area contributed by atoms with Gasteiger partial charge in [-0.05, 0) is 12.1 Å². The molecule has 1 amide bonds. The number of benzene rings is 1. The molecule has 0 spiro atoms. The monoisotopic (exact) mass is 177 g/mol. The van der Waals surface area contributed by atoms with Crippen LogP contribution in [0.2, 0.25) is 0 Å². The summed E-state index contributed by atoms with van der Waals surface area (Å²) in [5.41, 5.74) is 5.87. The van der Waals surface area contributed by atoms with E-state index in [1.165, 1.54) is 6.92 Å². The number of amides is 1. The Morgan fingerprint density at radius 2 is 1.92 bits per heavy atom. The predicted molar refractivity (Wildman–Crippen MR) is 51.5 cm³/mol. The van der Waals surface area contributed by atoms with Crippen LogP contribution in [-0.4, -0.2) is 11.9 Å². The molecule has 0 heterocycles. The number of nitrogens with one attached hydrogen (secondary N) is 1. The first-order chi connectivity index (χ1) is 6.13. The lowest BCUT2D eigenvalue weighted by Gasteiger charge is -2.18. The van der Waals surface area contributed by atoms with E-state index in [0.29, 0.717) is 5.69 Å². The third kappa shape index (κ3) is 2.05. The number of anilines is 1. The number of carbonyl (C=O) groups is 1. The second-order valence-electron chi connectivity index (χ2n) is 2.58. The van der Waals surface area contributed by atoms with Crippen LogP contribution in [0.5, 0.6) is 0 Å². The Balaban J connectivity index is 3.03. The van der Waals surface area contributed by atoms with Gasteiger partial charge in [-0.25, -0.2) is 0 Å². The SMILES string of the molecule is CC(=O)N(C(=N)N)c1ccccc1. The lowest BCUT2D eigenvalue weighted by Crippen LogP contribution is -2.39. The van der Waals surface area contributed by atoms with Crippen molar-refractivity contribution in [3.63, 3.8) is 0 Å². The van der Waals surface area contributed by atoms with Crippen LogP contribution in [0.4, 0.5) is 5.69 Å². The topological polar surface area (TPSA) is 70.2 Å². The van der Waals surface area contributed by atoms with E-state index < -0.39 is 0 Å². The highest BCUT2D eigenvalue weighted by atomic mass is 16.2. The smallest absolute Gasteiger partial charge is 0.230 e. The summed E-state index contributed by atoms with van der Waals surface area (Å²) < 4.78 is 0. The molecule has 1 rings (SSSR count). The molecular formula is C9H11N3O. The lowest BCUT2D eigenvalue weighted by molar-refractivity contribution is -0.115. The number of guanidine groups is 1. The number of nitrogens with two attached hydrogens (primary N) is 1. The Bertz CT molecular complexity index is 307. The van der Waals surface area contributed by atoms with Gasteiger partial charge in [0.2, 0.25) is 5.91 Å². The molecule has 0 aliphatic carbocycles. The summed E-state index contributed by atoms with van der Waals surface area (Å²) in [5.74, 6) is -0.530. The molecule has 1 aromatic carbocycles. The molecule has 0 aliphatic rings. The van der Waals surface area contributed by atoms with Gasteiger partial charge in [0.1, 0.15) is 0 Å². The van der Waals surface area contributed by atoms with Gasteiger partial charge in [-0.3, -0.25) is 15.1 Å². The molecule has 3 N–H and O–H groups in total. The highest BCUT2D eigenvalue weighted by molar-refractivity contribution is 6.13. The van der Waals surface area contributed by atoms with Crippen LogP contribution in [0.25, 0.3) is 0 Å². The molecule has 0 radical (unpaired) electrons. The molecular weight excluding hydrogens is 166 g/mol. The largest absolute Gasteiger partial charge is 0.369 e. The zero-order chi connectivity index (χ0) is 9.84. The molecule has 4 heteroatoms. The van der Waals surface area contributed by atoms with E-state index in [-0.39, 0.29) is 11.9 Å². The fourth-order valence-electron chi connectivity index (χ4n) is 1.07. The van der Waals surface area contributed by atoms with E-state index in [2.05, 4.69) is 0 Å². The highest BCUT2D eigenvalue weighted by Crippen LogP contribution is 2.12. The van der Waals surface area contributed by atoms with Crippen LogP contribution in [0.15, 0.2) is 30.3 Å². The second-order valence-corrected chi connectivity index (χ2v) is 2.58. The van der Waals surface area contributed by atoms with Crippen LogP contribution in [0, 0.1) is 5.41 Å². The first kappa shape index (κ1) is 9.25. The van der Waals surface area contributed by atoms with Gasteiger partial charge in [-0.2, -0.15) is 0 Å². The van der Waals surface area contributed by atoms with Gasteiger partial charge in [0, 0.05) is 6.92 Å². The van der Waals surface area contributed by atoms with Gasteiger partial charge >= 0.3 is 0 Å². The quantitative estimate of drug-likeness (QED) is 0.495. The van der Waals surface area contributed by atoms with E-state index >= 15 is 0 Å². The average Bonchev–Trinajstić information content (AvgIpc) is 2.04. The summed E-state index contributed by atoms with van der Waals surface area (Å²) in [6.07, 6.45) is 0. The average molecular weight is 177 g/mol. The third-order valence-corrected chi connectivity index (χ3v) is 1.57. The second kappa shape index (κ2) is 3.71. The number of hydrogen-bond acceptors (Lipinski definition) is 2. The molecule has 0 unspecified atom stereocenters. The number of carbonyl (C=O) groups excluding carboxylic acids is 1. The molecule has 0 aliphatic heterocycles. The van der Waals surface area contributed by atoms with Crippen molar-refractivity contribution in [1.82, 2.24) is 0 Å². The Hall–Kier alpha value is -1.84. The molecule has 4 nitrogen and oxygen atoms in total. The summed E-state index contributed by atoms with van der Waals surface area (Å²) >= 11 is 0. The van der Waals surface area contributed by atoms with Gasteiger partial charge in [0.05, 0.1) is 5.69 Å². The maximum absolute atomic E-state index is 11.1. The molecule has 0 bridgehead atoms. The van der Waals surface area contributed by atoms with Crippen molar-refractivity contribution in [3.05, 3.63) is 30.3 Å². The zero-order valence-electron chi connectivity index (χ0n) is 7.32. The van der Waals surface area contributed by atoms with E-state index in [4.69, 9.17) is 11.1 Å². The standard InChI is InChI=1S/C9H11N3O/c1-7(13)12(9(10)11)8-5-3-2-4-6-8/h2-6H,1H3,(H3,10,11). The molecule has 0 fully saturated rings. The molecule has 68 valence electrons. The molecule has 0 saturated carbocycles. The summed E-state index contributed by atoms with van der Waals surface area (Å²) in [6.45, 7) is 1.37. The zero-order valence-corrected chi connectivity index (χ0v) is 7.32. The van der Waals surface area contributed by atoms with E-state index in [1.807, 2.05) is 6.07 Å². The molecule has 1 aromatic rings. The fraction of sp³-hybridized carbons (Fsp3) is 0.111. The normalized spacial score (nSPS) is 9.31. The van der Waals surface area contributed by atoms with Crippen molar-refractivity contribution in [3.8, 4) is 0 Å². The fourth-order valence-corrected chi connectivity index (χ4v) is 1.07.